The summed E-state index contributed by atoms with van der Waals surface area (Å²) in [5.41, 5.74) is 0. The summed E-state index contributed by atoms with van der Waals surface area (Å²) >= 11 is 0. The van der Waals surface area contributed by atoms with Crippen LogP contribution in [0.3, 0.4) is 0 Å². The molecule has 0 aliphatic carbocycles. The van der Waals surface area contributed by atoms with Gasteiger partial charge in [-0.05, 0) is 70.6 Å². The number of hydrogen-bond acceptors (Lipinski definition) is 10. The Hall–Kier alpha value is -1.85. The quantitative estimate of drug-likeness (QED) is 0.0180. The Morgan fingerprint density at radius 1 is 0.667 bits per heavy atom. The molecule has 0 aromatic heterocycles. The molecule has 1 heterocycles. The first-order chi connectivity index (χ1) is 26.2. The minimum atomic E-state index is -4.63. The van der Waals surface area contributed by atoms with Gasteiger partial charge in [0.25, 0.3) is 0 Å². The largest absolute Gasteiger partial charge is 0.472 e. The number of aliphatic hydroxyl groups excluding tert-OH is 2. The van der Waals surface area contributed by atoms with Gasteiger partial charge in [-0.25, -0.2) is 4.57 Å². The highest BCUT2D eigenvalue weighted by molar-refractivity contribution is 7.47. The van der Waals surface area contributed by atoms with Gasteiger partial charge < -0.3 is 29.3 Å². The molecule has 0 bridgehead atoms. The molecule has 5 atom stereocenters. The summed E-state index contributed by atoms with van der Waals surface area (Å²) in [6.07, 6.45) is 35.5. The van der Waals surface area contributed by atoms with Gasteiger partial charge >= 0.3 is 19.8 Å². The third-order valence-electron chi connectivity index (χ3n) is 9.19. The van der Waals surface area contributed by atoms with E-state index in [9.17, 15) is 24.2 Å². The van der Waals surface area contributed by atoms with Crippen molar-refractivity contribution in [3.8, 4) is 0 Å². The first kappa shape index (κ1) is 50.2. The van der Waals surface area contributed by atoms with Crippen LogP contribution in [0.1, 0.15) is 168 Å². The van der Waals surface area contributed by atoms with Crippen LogP contribution < -0.4 is 0 Å². The van der Waals surface area contributed by atoms with Crippen LogP contribution in [0.5, 0.6) is 0 Å². The van der Waals surface area contributed by atoms with Crippen molar-refractivity contribution in [3.63, 3.8) is 0 Å². The fraction of sp³-hybridized carbons (Fsp3) is 0.810. The molecular weight excluding hydrogens is 711 g/mol. The standard InChI is InChI=1S/C42H75O11P/c1-3-5-7-9-11-12-13-14-15-16-17-18-19-23-27-31-41(45)49-35-38(36-51-54(47,48)50-34-37(44)33-43)52-42(46)32-28-24-20-22-26-30-40-39(53-40)29-25-21-10-8-6-4-2/h11-12,14-15,21,25,37-40,43-44H,3-10,13,16-20,22-24,26-36H2,1-2H3,(H,47,48)/b12-11-,15-14-,25-21-/t37-,38+,39?,40?/m0/s1. The van der Waals surface area contributed by atoms with E-state index in [0.717, 1.165) is 89.9 Å². The number of epoxide rings is 1. The van der Waals surface area contributed by atoms with Gasteiger partial charge in [-0.3, -0.25) is 18.6 Å². The maximum Gasteiger partial charge on any atom is 0.472 e. The third kappa shape index (κ3) is 31.4. The first-order valence-corrected chi connectivity index (χ1v) is 22.6. The van der Waals surface area contributed by atoms with Crippen molar-refractivity contribution >= 4 is 19.8 Å². The lowest BCUT2D eigenvalue weighted by Crippen LogP contribution is -2.29. The normalized spacial score (nSPS) is 18.0. The second kappa shape index (κ2) is 34.4. The minimum absolute atomic E-state index is 0.158. The van der Waals surface area contributed by atoms with Crippen molar-refractivity contribution in [2.24, 2.45) is 0 Å². The van der Waals surface area contributed by atoms with E-state index in [1.807, 2.05) is 0 Å². The topological polar surface area (TPSA) is 161 Å². The van der Waals surface area contributed by atoms with Crippen LogP contribution in [0.25, 0.3) is 0 Å². The number of unbranched alkanes of at least 4 members (excludes halogenated alkanes) is 15. The van der Waals surface area contributed by atoms with Gasteiger partial charge in [0, 0.05) is 12.8 Å². The number of carbonyl (C=O) groups is 2. The van der Waals surface area contributed by atoms with Gasteiger partial charge in [-0.1, -0.05) is 121 Å². The van der Waals surface area contributed by atoms with Crippen molar-refractivity contribution < 1.29 is 52.5 Å². The summed E-state index contributed by atoms with van der Waals surface area (Å²) in [6.45, 7) is 2.27. The molecule has 0 saturated carbocycles. The molecule has 0 radical (unpaired) electrons. The zero-order valence-corrected chi connectivity index (χ0v) is 34.5. The predicted molar refractivity (Wildman–Crippen MR) is 214 cm³/mol. The van der Waals surface area contributed by atoms with Crippen LogP contribution in [0, 0.1) is 0 Å². The Balaban J connectivity index is 2.28. The van der Waals surface area contributed by atoms with E-state index in [-0.39, 0.29) is 19.4 Å². The molecular formula is C42H75O11P. The number of aliphatic hydroxyl groups is 2. The second-order valence-electron chi connectivity index (χ2n) is 14.4. The van der Waals surface area contributed by atoms with E-state index in [2.05, 4.69) is 54.8 Å². The smallest absolute Gasteiger partial charge is 0.462 e. The maximum absolute atomic E-state index is 12.6. The summed E-state index contributed by atoms with van der Waals surface area (Å²) in [4.78, 5) is 35.0. The zero-order chi connectivity index (χ0) is 39.5. The van der Waals surface area contributed by atoms with Crippen molar-refractivity contribution in [1.82, 2.24) is 0 Å². The summed E-state index contributed by atoms with van der Waals surface area (Å²) in [5.74, 6) is -0.965. The molecule has 12 heteroatoms. The van der Waals surface area contributed by atoms with Crippen molar-refractivity contribution in [3.05, 3.63) is 36.5 Å². The summed E-state index contributed by atoms with van der Waals surface area (Å²) in [5, 5.41) is 18.3. The van der Waals surface area contributed by atoms with Crippen LogP contribution >= 0.6 is 7.82 Å². The average molecular weight is 787 g/mol. The number of rotatable bonds is 38. The number of hydrogen-bond donors (Lipinski definition) is 3. The number of esters is 2. The SMILES string of the molecule is CCCCC/C=C\C/C=C\CCCCCCCC(=O)OC[C@H](COP(=O)(O)OC[C@@H](O)CO)OC(=O)CCCCCCCC1OC1C/C=C\CCCCC. The van der Waals surface area contributed by atoms with E-state index in [0.29, 0.717) is 25.0 Å². The van der Waals surface area contributed by atoms with Gasteiger partial charge in [0.1, 0.15) is 12.7 Å². The number of ether oxygens (including phenoxy) is 3. The number of carbonyl (C=O) groups excluding carboxylic acids is 2. The molecule has 1 rings (SSSR count). The molecule has 0 amide bonds. The van der Waals surface area contributed by atoms with Gasteiger partial charge in [0.05, 0.1) is 32.0 Å². The lowest BCUT2D eigenvalue weighted by molar-refractivity contribution is -0.161. The Morgan fingerprint density at radius 3 is 1.83 bits per heavy atom. The minimum Gasteiger partial charge on any atom is -0.462 e. The molecule has 11 nitrogen and oxygen atoms in total. The van der Waals surface area contributed by atoms with Gasteiger partial charge in [0.2, 0.25) is 0 Å². The lowest BCUT2D eigenvalue weighted by atomic mass is 10.1. The van der Waals surface area contributed by atoms with Crippen molar-refractivity contribution in [2.45, 2.75) is 192 Å². The zero-order valence-electron chi connectivity index (χ0n) is 33.6. The average Bonchev–Trinajstić information content (AvgIpc) is 3.92. The number of phosphoric acid groups is 1. The molecule has 3 N–H and O–H groups in total. The fourth-order valence-electron chi connectivity index (χ4n) is 5.79. The van der Waals surface area contributed by atoms with Crippen molar-refractivity contribution in [1.29, 1.82) is 0 Å². The first-order valence-electron chi connectivity index (χ1n) is 21.1. The van der Waals surface area contributed by atoms with Crippen LogP contribution in [-0.2, 0) is 37.4 Å². The highest BCUT2D eigenvalue weighted by Crippen LogP contribution is 2.43. The van der Waals surface area contributed by atoms with Crippen LogP contribution in [0.4, 0.5) is 0 Å². The van der Waals surface area contributed by atoms with Crippen LogP contribution in [0.15, 0.2) is 36.5 Å². The van der Waals surface area contributed by atoms with E-state index in [1.165, 1.54) is 38.5 Å². The highest BCUT2D eigenvalue weighted by Gasteiger charge is 2.36. The number of phosphoric ester groups is 1. The Labute approximate surface area is 326 Å². The summed E-state index contributed by atoms with van der Waals surface area (Å²) < 4.78 is 38.5. The molecule has 54 heavy (non-hydrogen) atoms. The molecule has 1 aliphatic rings. The second-order valence-corrected chi connectivity index (χ2v) is 15.8. The molecule has 0 aromatic rings. The summed E-state index contributed by atoms with van der Waals surface area (Å²) in [7, 11) is -4.63. The van der Waals surface area contributed by atoms with Crippen molar-refractivity contribution in [2.75, 3.05) is 26.4 Å². The Kier molecular flexibility index (Phi) is 32.0. The molecule has 0 aromatic carbocycles. The van der Waals surface area contributed by atoms with Crippen LogP contribution in [-0.4, -0.2) is 77.9 Å². The van der Waals surface area contributed by atoms with Gasteiger partial charge in [-0.15, -0.1) is 0 Å². The van der Waals surface area contributed by atoms with Gasteiger partial charge in [0.15, 0.2) is 6.10 Å². The summed E-state index contributed by atoms with van der Waals surface area (Å²) in [6, 6.07) is 0. The van der Waals surface area contributed by atoms with E-state index in [4.69, 9.17) is 23.8 Å². The molecule has 314 valence electrons. The van der Waals surface area contributed by atoms with E-state index in [1.54, 1.807) is 0 Å². The van der Waals surface area contributed by atoms with E-state index < -0.39 is 51.8 Å². The molecule has 0 spiro atoms. The third-order valence-corrected chi connectivity index (χ3v) is 10.1. The molecule has 1 aliphatic heterocycles. The number of allylic oxidation sites excluding steroid dienone is 5. The highest BCUT2D eigenvalue weighted by atomic mass is 31.2. The monoisotopic (exact) mass is 787 g/mol. The van der Waals surface area contributed by atoms with E-state index >= 15 is 0 Å². The van der Waals surface area contributed by atoms with Gasteiger partial charge in [-0.2, -0.15) is 0 Å². The van der Waals surface area contributed by atoms with Crippen LogP contribution in [0.2, 0.25) is 0 Å². The molecule has 3 unspecified atom stereocenters. The fourth-order valence-corrected chi connectivity index (χ4v) is 6.58. The maximum atomic E-state index is 12.6. The predicted octanol–water partition coefficient (Wildman–Crippen LogP) is 9.77. The Morgan fingerprint density at radius 2 is 1.20 bits per heavy atom. The Bertz CT molecular complexity index is 1060. The lowest BCUT2D eigenvalue weighted by Gasteiger charge is -2.20. The molecule has 1 saturated heterocycles. The molecule has 1 fully saturated rings.